The summed E-state index contributed by atoms with van der Waals surface area (Å²) in [6.07, 6.45) is 3.60. The molecule has 0 atom stereocenters. The number of hydrogen-bond acceptors (Lipinski definition) is 3. The van der Waals surface area contributed by atoms with E-state index in [0.717, 1.165) is 22.7 Å². The summed E-state index contributed by atoms with van der Waals surface area (Å²) in [4.78, 5) is 8.90. The lowest BCUT2D eigenvalue weighted by Gasteiger charge is -2.06. The van der Waals surface area contributed by atoms with E-state index in [1.54, 1.807) is 13.3 Å². The molecule has 2 aromatic heterocycles. The first-order valence-corrected chi connectivity index (χ1v) is 7.21. The van der Waals surface area contributed by atoms with Gasteiger partial charge in [-0.25, -0.2) is 0 Å². The van der Waals surface area contributed by atoms with Gasteiger partial charge < -0.3 is 4.74 Å². The van der Waals surface area contributed by atoms with Crippen LogP contribution >= 0.6 is 0 Å². The average Bonchev–Trinajstić information content (AvgIpc) is 2.54. The molecule has 0 N–H and O–H groups in total. The summed E-state index contributed by atoms with van der Waals surface area (Å²) in [5.74, 6) is 0.746. The van der Waals surface area contributed by atoms with Crippen LogP contribution in [0.2, 0.25) is 0 Å². The maximum absolute atomic E-state index is 5.12. The molecule has 0 saturated carbocycles. The Morgan fingerprint density at radius 3 is 1.86 bits per heavy atom. The molecule has 2 heterocycles. The first-order chi connectivity index (χ1) is 10.7. The van der Waals surface area contributed by atoms with E-state index in [9.17, 15) is 0 Å². The van der Waals surface area contributed by atoms with Gasteiger partial charge in [0.1, 0.15) is 5.75 Å². The van der Waals surface area contributed by atoms with Crippen molar-refractivity contribution in [1.82, 2.24) is 9.97 Å². The van der Waals surface area contributed by atoms with Gasteiger partial charge in [-0.2, -0.15) is 0 Å². The van der Waals surface area contributed by atoms with Gasteiger partial charge in [-0.05, 0) is 37.6 Å². The van der Waals surface area contributed by atoms with Gasteiger partial charge in [0.15, 0.2) is 0 Å². The first-order valence-electron chi connectivity index (χ1n) is 7.21. The Morgan fingerprint density at radius 1 is 0.727 bits per heavy atom. The molecule has 3 heteroatoms. The highest BCUT2D eigenvalue weighted by Gasteiger charge is 2.04. The molecule has 0 aliphatic rings. The Labute approximate surface area is 130 Å². The third kappa shape index (κ3) is 2.98. The van der Waals surface area contributed by atoms with E-state index in [2.05, 4.69) is 48.1 Å². The highest BCUT2D eigenvalue weighted by atomic mass is 16.5. The summed E-state index contributed by atoms with van der Waals surface area (Å²) in [5.41, 5.74) is 6.53. The lowest BCUT2D eigenvalue weighted by atomic mass is 10.0. The van der Waals surface area contributed by atoms with Gasteiger partial charge in [-0.3, -0.25) is 9.97 Å². The normalized spacial score (nSPS) is 10.5. The summed E-state index contributed by atoms with van der Waals surface area (Å²) in [6.45, 7) is 4.22. The maximum atomic E-state index is 5.12. The van der Waals surface area contributed by atoms with Gasteiger partial charge in [-0.15, -0.1) is 0 Å². The molecule has 0 aliphatic carbocycles. The molecule has 0 unspecified atom stereocenters. The van der Waals surface area contributed by atoms with Gasteiger partial charge >= 0.3 is 0 Å². The lowest BCUT2D eigenvalue weighted by Crippen LogP contribution is -1.90. The highest BCUT2D eigenvalue weighted by Crippen LogP contribution is 2.24. The Kier molecular flexibility index (Phi) is 3.88. The zero-order valence-electron chi connectivity index (χ0n) is 13.0. The topological polar surface area (TPSA) is 35.0 Å². The summed E-state index contributed by atoms with van der Waals surface area (Å²) in [5, 5.41) is 0. The minimum Gasteiger partial charge on any atom is -0.495 e. The third-order valence-electron chi connectivity index (χ3n) is 3.55. The van der Waals surface area contributed by atoms with E-state index in [1.807, 2.05) is 24.4 Å². The van der Waals surface area contributed by atoms with Crippen LogP contribution in [-0.4, -0.2) is 17.1 Å². The first kappa shape index (κ1) is 14.3. The van der Waals surface area contributed by atoms with Crippen molar-refractivity contribution in [3.8, 4) is 28.3 Å². The molecule has 0 radical (unpaired) electrons. The quantitative estimate of drug-likeness (QED) is 0.715. The molecule has 3 rings (SSSR count). The van der Waals surface area contributed by atoms with Gasteiger partial charge in [0.2, 0.25) is 0 Å². The molecule has 3 aromatic rings. The van der Waals surface area contributed by atoms with Crippen LogP contribution in [0.4, 0.5) is 0 Å². The van der Waals surface area contributed by atoms with Crippen molar-refractivity contribution in [2.75, 3.05) is 7.11 Å². The van der Waals surface area contributed by atoms with Gasteiger partial charge in [0.05, 0.1) is 24.7 Å². The van der Waals surface area contributed by atoms with Crippen LogP contribution in [0.25, 0.3) is 22.5 Å². The van der Waals surface area contributed by atoms with Gasteiger partial charge in [0, 0.05) is 11.8 Å². The van der Waals surface area contributed by atoms with Gasteiger partial charge in [0.25, 0.3) is 0 Å². The van der Waals surface area contributed by atoms with Crippen LogP contribution in [-0.2, 0) is 0 Å². The number of rotatable bonds is 3. The van der Waals surface area contributed by atoms with E-state index in [4.69, 9.17) is 4.74 Å². The van der Waals surface area contributed by atoms with Crippen molar-refractivity contribution < 1.29 is 4.74 Å². The minimum atomic E-state index is 0.746. The maximum Gasteiger partial charge on any atom is 0.137 e. The predicted octanol–water partition coefficient (Wildman–Crippen LogP) is 4.44. The monoisotopic (exact) mass is 290 g/mol. The smallest absolute Gasteiger partial charge is 0.137 e. The third-order valence-corrected chi connectivity index (χ3v) is 3.55. The summed E-state index contributed by atoms with van der Waals surface area (Å²) >= 11 is 0. The number of nitrogens with zero attached hydrogens (tertiary/aromatic N) is 2. The van der Waals surface area contributed by atoms with Crippen molar-refractivity contribution in [3.05, 3.63) is 66.0 Å². The molecule has 0 saturated heterocycles. The largest absolute Gasteiger partial charge is 0.495 e. The molecular weight excluding hydrogens is 272 g/mol. The van der Waals surface area contributed by atoms with Gasteiger partial charge in [-0.1, -0.05) is 35.4 Å². The SMILES string of the molecule is COc1ccc(-c2ccc(-c3cc(C)cc(C)c3)cn2)nc1. The number of methoxy groups -OCH3 is 1. The molecule has 0 spiro atoms. The van der Waals surface area contributed by atoms with Crippen LogP contribution in [0.3, 0.4) is 0 Å². The molecule has 0 bridgehead atoms. The zero-order chi connectivity index (χ0) is 15.5. The lowest BCUT2D eigenvalue weighted by molar-refractivity contribution is 0.413. The predicted molar refractivity (Wildman–Crippen MR) is 88.9 cm³/mol. The zero-order valence-corrected chi connectivity index (χ0v) is 13.0. The van der Waals surface area contributed by atoms with E-state index < -0.39 is 0 Å². The van der Waals surface area contributed by atoms with Crippen molar-refractivity contribution in [3.63, 3.8) is 0 Å². The second kappa shape index (κ2) is 5.98. The molecule has 3 nitrogen and oxygen atoms in total. The summed E-state index contributed by atoms with van der Waals surface area (Å²) < 4.78 is 5.12. The van der Waals surface area contributed by atoms with E-state index >= 15 is 0 Å². The van der Waals surface area contributed by atoms with Crippen LogP contribution in [0.5, 0.6) is 5.75 Å². The molecule has 0 aliphatic heterocycles. The molecule has 0 amide bonds. The Bertz CT molecular complexity index is 757. The van der Waals surface area contributed by atoms with Crippen molar-refractivity contribution in [2.24, 2.45) is 0 Å². The number of pyridine rings is 2. The molecule has 0 fully saturated rings. The second-order valence-corrected chi connectivity index (χ2v) is 5.39. The fraction of sp³-hybridized carbons (Fsp3) is 0.158. The number of aryl methyl sites for hydroxylation is 2. The highest BCUT2D eigenvalue weighted by molar-refractivity contribution is 5.66. The Morgan fingerprint density at radius 2 is 1.36 bits per heavy atom. The summed E-state index contributed by atoms with van der Waals surface area (Å²) in [6, 6.07) is 14.4. The number of ether oxygens (including phenoxy) is 1. The minimum absolute atomic E-state index is 0.746. The molecule has 22 heavy (non-hydrogen) atoms. The average molecular weight is 290 g/mol. The van der Waals surface area contributed by atoms with Crippen LogP contribution in [0.15, 0.2) is 54.9 Å². The van der Waals surface area contributed by atoms with Crippen LogP contribution in [0.1, 0.15) is 11.1 Å². The van der Waals surface area contributed by atoms with E-state index in [0.29, 0.717) is 0 Å². The Hall–Kier alpha value is -2.68. The molecule has 1 aromatic carbocycles. The summed E-state index contributed by atoms with van der Waals surface area (Å²) in [7, 11) is 1.63. The van der Waals surface area contributed by atoms with Crippen LogP contribution < -0.4 is 4.74 Å². The number of hydrogen-bond donors (Lipinski definition) is 0. The fourth-order valence-corrected chi connectivity index (χ4v) is 2.51. The van der Waals surface area contributed by atoms with Crippen molar-refractivity contribution in [2.45, 2.75) is 13.8 Å². The van der Waals surface area contributed by atoms with Crippen LogP contribution in [0, 0.1) is 13.8 Å². The molecular formula is C19H18N2O. The van der Waals surface area contributed by atoms with Crippen molar-refractivity contribution >= 4 is 0 Å². The number of aromatic nitrogens is 2. The fourth-order valence-electron chi connectivity index (χ4n) is 2.51. The number of benzene rings is 1. The second-order valence-electron chi connectivity index (χ2n) is 5.39. The standard InChI is InChI=1S/C19H18N2O/c1-13-8-14(2)10-16(9-13)15-4-6-18(20-11-15)19-7-5-17(22-3)12-21-19/h4-12H,1-3H3. The van der Waals surface area contributed by atoms with E-state index in [1.165, 1.54) is 16.7 Å². The Balaban J connectivity index is 1.91. The van der Waals surface area contributed by atoms with Crippen molar-refractivity contribution in [1.29, 1.82) is 0 Å². The molecule has 110 valence electrons. The van der Waals surface area contributed by atoms with E-state index in [-0.39, 0.29) is 0 Å².